The van der Waals surface area contributed by atoms with Crippen molar-refractivity contribution in [3.05, 3.63) is 47.6 Å². The highest BCUT2D eigenvalue weighted by atomic mass is 35.5. The summed E-state index contributed by atoms with van der Waals surface area (Å²) < 4.78 is 0. The molecule has 0 aromatic heterocycles. The van der Waals surface area contributed by atoms with Crippen LogP contribution < -0.4 is 11.5 Å². The second-order valence-corrected chi connectivity index (χ2v) is 3.46. The van der Waals surface area contributed by atoms with E-state index in [-0.39, 0.29) is 6.04 Å². The molecule has 0 aromatic carbocycles. The molecule has 0 fully saturated rings. The molecule has 4 N–H and O–H groups in total. The third kappa shape index (κ3) is 9.47. The molecule has 0 heterocycles. The van der Waals surface area contributed by atoms with Crippen molar-refractivity contribution in [2.24, 2.45) is 11.5 Å². The highest BCUT2D eigenvalue weighted by Crippen LogP contribution is 2.03. The minimum absolute atomic E-state index is 0.00114. The fraction of sp³-hybridized carbons (Fsp3) is 0.333. The Bertz CT molecular complexity index is 265. The fourth-order valence-electron chi connectivity index (χ4n) is 0.862. The van der Waals surface area contributed by atoms with E-state index in [4.69, 9.17) is 23.1 Å². The van der Waals surface area contributed by atoms with Gasteiger partial charge in [0.25, 0.3) is 0 Å². The van der Waals surface area contributed by atoms with Gasteiger partial charge in [0.15, 0.2) is 0 Å². The molecule has 3 heteroatoms. The maximum absolute atomic E-state index is 5.82. The maximum atomic E-state index is 5.82. The Morgan fingerprint density at radius 3 is 2.60 bits per heavy atom. The monoisotopic (exact) mass is 226 g/mol. The van der Waals surface area contributed by atoms with Crippen LogP contribution in [0.5, 0.6) is 0 Å². The first-order valence-electron chi connectivity index (χ1n) is 4.98. The summed E-state index contributed by atoms with van der Waals surface area (Å²) in [7, 11) is 0. The summed E-state index contributed by atoms with van der Waals surface area (Å²) >= 11 is 5.79. The molecule has 0 saturated heterocycles. The quantitative estimate of drug-likeness (QED) is 0.684. The van der Waals surface area contributed by atoms with Crippen LogP contribution in [-0.2, 0) is 0 Å². The Kier molecular flexibility index (Phi) is 9.18. The largest absolute Gasteiger partial charge is 0.327 e. The van der Waals surface area contributed by atoms with E-state index in [2.05, 4.69) is 0 Å². The number of hydrogen-bond acceptors (Lipinski definition) is 2. The van der Waals surface area contributed by atoms with Gasteiger partial charge in [-0.1, -0.05) is 48.1 Å². The molecule has 0 rings (SSSR count). The molecule has 0 spiro atoms. The summed E-state index contributed by atoms with van der Waals surface area (Å²) in [5.41, 5.74) is 11.1. The third-order valence-electron chi connectivity index (χ3n) is 1.71. The zero-order chi connectivity index (χ0) is 11.5. The lowest BCUT2D eigenvalue weighted by atomic mass is 10.2. The zero-order valence-electron chi connectivity index (χ0n) is 9.07. The van der Waals surface area contributed by atoms with Crippen LogP contribution >= 0.6 is 11.6 Å². The lowest BCUT2D eigenvalue weighted by Crippen LogP contribution is -2.15. The van der Waals surface area contributed by atoms with E-state index in [1.54, 1.807) is 0 Å². The Morgan fingerprint density at radius 1 is 1.33 bits per heavy atom. The summed E-state index contributed by atoms with van der Waals surface area (Å²) in [6, 6.07) is 0.00114. The molecular formula is C12H19ClN2. The maximum Gasteiger partial charge on any atom is 0.0360 e. The van der Waals surface area contributed by atoms with E-state index in [0.29, 0.717) is 11.6 Å². The van der Waals surface area contributed by atoms with Gasteiger partial charge in [-0.2, -0.15) is 0 Å². The summed E-state index contributed by atoms with van der Waals surface area (Å²) in [5, 5.41) is 0.706. The van der Waals surface area contributed by atoms with E-state index in [1.165, 1.54) is 0 Å². The van der Waals surface area contributed by atoms with Gasteiger partial charge < -0.3 is 11.5 Å². The average molecular weight is 227 g/mol. The standard InChI is InChI=1S/C12H19ClN2/c1-2-11(13)8-9-12(15)7-5-3-4-6-10-14/h2-6,8-9,12H,7,10,14-15H2,1H3. The minimum atomic E-state index is 0.00114. The smallest absolute Gasteiger partial charge is 0.0360 e. The number of nitrogens with two attached hydrogens (primary N) is 2. The highest BCUT2D eigenvalue weighted by Gasteiger charge is 1.92. The second kappa shape index (κ2) is 9.71. The van der Waals surface area contributed by atoms with E-state index in [0.717, 1.165) is 6.42 Å². The van der Waals surface area contributed by atoms with Crippen molar-refractivity contribution in [3.63, 3.8) is 0 Å². The molecule has 0 aliphatic heterocycles. The van der Waals surface area contributed by atoms with Gasteiger partial charge in [0, 0.05) is 17.6 Å². The summed E-state index contributed by atoms with van der Waals surface area (Å²) in [6.45, 7) is 2.45. The third-order valence-corrected chi connectivity index (χ3v) is 2.05. The topological polar surface area (TPSA) is 52.0 Å². The highest BCUT2D eigenvalue weighted by molar-refractivity contribution is 6.31. The lowest BCUT2D eigenvalue weighted by Gasteiger charge is -2.00. The summed E-state index contributed by atoms with van der Waals surface area (Å²) in [4.78, 5) is 0. The van der Waals surface area contributed by atoms with Crippen LogP contribution in [0.3, 0.4) is 0 Å². The van der Waals surface area contributed by atoms with Crippen molar-refractivity contribution in [1.82, 2.24) is 0 Å². The first kappa shape index (κ1) is 14.2. The number of allylic oxidation sites excluding steroid dienone is 5. The number of hydrogen-bond donors (Lipinski definition) is 2. The number of rotatable bonds is 6. The van der Waals surface area contributed by atoms with Crippen LogP contribution in [0.15, 0.2) is 47.6 Å². The Hall–Kier alpha value is -0.830. The van der Waals surface area contributed by atoms with Gasteiger partial charge in [-0.25, -0.2) is 0 Å². The van der Waals surface area contributed by atoms with Crippen LogP contribution in [0.25, 0.3) is 0 Å². The van der Waals surface area contributed by atoms with Crippen molar-refractivity contribution in [2.75, 3.05) is 6.54 Å². The van der Waals surface area contributed by atoms with Gasteiger partial charge in [-0.3, -0.25) is 0 Å². The molecule has 2 nitrogen and oxygen atoms in total. The summed E-state index contributed by atoms with van der Waals surface area (Å²) in [5.74, 6) is 0. The van der Waals surface area contributed by atoms with Crippen LogP contribution in [0.1, 0.15) is 13.3 Å². The summed E-state index contributed by atoms with van der Waals surface area (Å²) in [6.07, 6.45) is 14.1. The van der Waals surface area contributed by atoms with Gasteiger partial charge in [0.2, 0.25) is 0 Å². The average Bonchev–Trinajstić information content (AvgIpc) is 2.25. The Balaban J connectivity index is 3.84. The SMILES string of the molecule is CC=C(Cl)C=CC(N)CC=CC=CCN. The Labute approximate surface area is 97.0 Å². The van der Waals surface area contributed by atoms with Gasteiger partial charge in [0.05, 0.1) is 0 Å². The molecule has 1 unspecified atom stereocenters. The van der Waals surface area contributed by atoms with Crippen LogP contribution in [0, 0.1) is 0 Å². The Morgan fingerprint density at radius 2 is 2.00 bits per heavy atom. The normalized spacial score (nSPS) is 15.9. The van der Waals surface area contributed by atoms with Crippen molar-refractivity contribution in [2.45, 2.75) is 19.4 Å². The predicted molar refractivity (Wildman–Crippen MR) is 68.7 cm³/mol. The second-order valence-electron chi connectivity index (χ2n) is 3.02. The molecule has 1 atom stereocenters. The lowest BCUT2D eigenvalue weighted by molar-refractivity contribution is 0.834. The minimum Gasteiger partial charge on any atom is -0.327 e. The van der Waals surface area contributed by atoms with Crippen molar-refractivity contribution in [1.29, 1.82) is 0 Å². The van der Waals surface area contributed by atoms with Crippen LogP contribution in [-0.4, -0.2) is 12.6 Å². The first-order chi connectivity index (χ1) is 7.20. The van der Waals surface area contributed by atoms with Gasteiger partial charge in [-0.05, 0) is 19.4 Å². The predicted octanol–water partition coefficient (Wildman–Crippen LogP) is 2.47. The van der Waals surface area contributed by atoms with E-state index in [1.807, 2.05) is 49.5 Å². The molecule has 0 saturated carbocycles. The van der Waals surface area contributed by atoms with E-state index in [9.17, 15) is 0 Å². The van der Waals surface area contributed by atoms with Crippen molar-refractivity contribution in [3.8, 4) is 0 Å². The molecule has 0 aliphatic carbocycles. The van der Waals surface area contributed by atoms with Crippen LogP contribution in [0.4, 0.5) is 0 Å². The molecule has 84 valence electrons. The van der Waals surface area contributed by atoms with Crippen LogP contribution in [0.2, 0.25) is 0 Å². The molecule has 0 radical (unpaired) electrons. The van der Waals surface area contributed by atoms with Crippen molar-refractivity contribution < 1.29 is 0 Å². The van der Waals surface area contributed by atoms with E-state index >= 15 is 0 Å². The molecule has 15 heavy (non-hydrogen) atoms. The fourth-order valence-corrected chi connectivity index (χ4v) is 0.934. The van der Waals surface area contributed by atoms with E-state index < -0.39 is 0 Å². The molecule has 0 aliphatic rings. The molecule has 0 amide bonds. The zero-order valence-corrected chi connectivity index (χ0v) is 9.82. The van der Waals surface area contributed by atoms with Crippen molar-refractivity contribution >= 4 is 11.6 Å². The molecular weight excluding hydrogens is 208 g/mol. The first-order valence-corrected chi connectivity index (χ1v) is 5.35. The van der Waals surface area contributed by atoms with Gasteiger partial charge in [-0.15, -0.1) is 0 Å². The molecule has 0 bridgehead atoms. The molecule has 0 aromatic rings. The number of halogens is 1. The van der Waals surface area contributed by atoms with Gasteiger partial charge in [0.1, 0.15) is 0 Å². The van der Waals surface area contributed by atoms with Gasteiger partial charge >= 0.3 is 0 Å².